The number of nitrogens with one attached hydrogen (secondary N) is 1. The van der Waals surface area contributed by atoms with E-state index in [4.69, 9.17) is 18.9 Å². The minimum absolute atomic E-state index is 0.257. The van der Waals surface area contributed by atoms with Crippen molar-refractivity contribution in [3.8, 4) is 22.9 Å². The number of rotatable bonds is 9. The molecule has 2 heterocycles. The second-order valence-corrected chi connectivity index (χ2v) is 9.06. The van der Waals surface area contributed by atoms with Crippen molar-refractivity contribution in [3.63, 3.8) is 0 Å². The summed E-state index contributed by atoms with van der Waals surface area (Å²) >= 11 is 0. The predicted octanol–water partition coefficient (Wildman–Crippen LogP) is 4.58. The van der Waals surface area contributed by atoms with Crippen LogP contribution in [0.1, 0.15) is 49.7 Å². The Morgan fingerprint density at radius 1 is 1.15 bits per heavy atom. The number of benzene rings is 1. The minimum Gasteiger partial charge on any atom is -0.481 e. The number of anilines is 1. The molecule has 0 bridgehead atoms. The lowest BCUT2D eigenvalue weighted by Gasteiger charge is -2.35. The molecule has 2 aromatic rings. The van der Waals surface area contributed by atoms with Gasteiger partial charge in [0.25, 0.3) is 0 Å². The number of carboxylic acid groups (broad SMARTS) is 1. The quantitative estimate of drug-likeness (QED) is 0.550. The molecule has 1 saturated carbocycles. The molecular formula is C26H34N2O6. The van der Waals surface area contributed by atoms with Gasteiger partial charge < -0.3 is 29.4 Å². The third-order valence-electron chi connectivity index (χ3n) is 6.92. The normalized spacial score (nSPS) is 18.0. The van der Waals surface area contributed by atoms with Crippen LogP contribution in [0.15, 0.2) is 24.3 Å². The lowest BCUT2D eigenvalue weighted by Crippen LogP contribution is -2.50. The predicted molar refractivity (Wildman–Crippen MR) is 129 cm³/mol. The summed E-state index contributed by atoms with van der Waals surface area (Å²) < 4.78 is 22.6. The van der Waals surface area contributed by atoms with Crippen molar-refractivity contribution in [1.29, 1.82) is 0 Å². The van der Waals surface area contributed by atoms with E-state index in [1.807, 2.05) is 31.2 Å². The Kier molecular flexibility index (Phi) is 7.58. The van der Waals surface area contributed by atoms with Gasteiger partial charge in [-0.05, 0) is 48.6 Å². The number of aliphatic carboxylic acids is 1. The summed E-state index contributed by atoms with van der Waals surface area (Å²) in [7, 11) is 3.17. The molecule has 4 rings (SSSR count). The number of ether oxygens (including phenoxy) is 4. The lowest BCUT2D eigenvalue weighted by molar-refractivity contribution is -0.145. The van der Waals surface area contributed by atoms with Crippen LogP contribution < -0.4 is 14.8 Å². The molecule has 1 saturated heterocycles. The number of pyridine rings is 1. The van der Waals surface area contributed by atoms with Gasteiger partial charge in [0.15, 0.2) is 0 Å². The first-order valence-electron chi connectivity index (χ1n) is 11.9. The molecule has 0 radical (unpaired) electrons. The average Bonchev–Trinajstić information content (AvgIpc) is 3.37. The van der Waals surface area contributed by atoms with Gasteiger partial charge in [-0.15, -0.1) is 0 Å². The molecule has 2 N–H and O–H groups in total. The molecule has 8 heteroatoms. The zero-order chi connectivity index (χ0) is 24.1. The summed E-state index contributed by atoms with van der Waals surface area (Å²) in [5.74, 6) is 0.115. The third-order valence-corrected chi connectivity index (χ3v) is 6.92. The third kappa shape index (κ3) is 5.13. The highest BCUT2D eigenvalue weighted by molar-refractivity contribution is 5.83. The highest BCUT2D eigenvalue weighted by Crippen LogP contribution is 2.37. The average molecular weight is 471 g/mol. The fraction of sp³-hybridized carbons (Fsp3) is 0.538. The molecule has 0 spiro atoms. The van der Waals surface area contributed by atoms with E-state index in [1.165, 1.54) is 12.8 Å². The van der Waals surface area contributed by atoms with Gasteiger partial charge in [0.05, 0.1) is 26.9 Å². The zero-order valence-corrected chi connectivity index (χ0v) is 20.2. The Balaban J connectivity index is 1.72. The zero-order valence-electron chi connectivity index (χ0n) is 20.2. The molecular weight excluding hydrogens is 436 g/mol. The van der Waals surface area contributed by atoms with E-state index >= 15 is 0 Å². The Labute approximate surface area is 200 Å². The Morgan fingerprint density at radius 2 is 1.88 bits per heavy atom. The van der Waals surface area contributed by atoms with Crippen molar-refractivity contribution >= 4 is 11.7 Å². The number of methoxy groups -OCH3 is 2. The monoisotopic (exact) mass is 470 g/mol. The van der Waals surface area contributed by atoms with Gasteiger partial charge in [-0.2, -0.15) is 4.98 Å². The van der Waals surface area contributed by atoms with Crippen LogP contribution in [0.2, 0.25) is 0 Å². The molecule has 1 aliphatic carbocycles. The number of aromatic nitrogens is 1. The molecule has 0 unspecified atom stereocenters. The van der Waals surface area contributed by atoms with Gasteiger partial charge in [-0.25, -0.2) is 4.79 Å². The van der Waals surface area contributed by atoms with Crippen LogP contribution in [-0.4, -0.2) is 55.1 Å². The molecule has 34 heavy (non-hydrogen) atoms. The maximum atomic E-state index is 12.2. The van der Waals surface area contributed by atoms with Crippen LogP contribution in [0.4, 0.5) is 5.69 Å². The molecule has 1 aromatic carbocycles. The van der Waals surface area contributed by atoms with Crippen LogP contribution in [-0.2, 0) is 20.9 Å². The molecule has 2 aliphatic rings. The number of hydrogen-bond acceptors (Lipinski definition) is 7. The van der Waals surface area contributed by atoms with Crippen molar-refractivity contribution in [1.82, 2.24) is 4.98 Å². The highest BCUT2D eigenvalue weighted by Gasteiger charge is 2.40. The Hall–Kier alpha value is -2.84. The second-order valence-electron chi connectivity index (χ2n) is 9.06. The van der Waals surface area contributed by atoms with Crippen LogP contribution in [0.25, 0.3) is 11.1 Å². The van der Waals surface area contributed by atoms with E-state index in [9.17, 15) is 9.90 Å². The van der Waals surface area contributed by atoms with Gasteiger partial charge in [-0.3, -0.25) is 0 Å². The molecule has 184 valence electrons. The Morgan fingerprint density at radius 3 is 2.53 bits per heavy atom. The maximum absolute atomic E-state index is 12.2. The van der Waals surface area contributed by atoms with E-state index in [-0.39, 0.29) is 6.10 Å². The molecule has 0 amide bonds. The number of carbonyl (C=O) groups is 1. The summed E-state index contributed by atoms with van der Waals surface area (Å²) in [4.78, 5) is 16.6. The van der Waals surface area contributed by atoms with Crippen molar-refractivity contribution < 1.29 is 28.8 Å². The van der Waals surface area contributed by atoms with Crippen LogP contribution in [0, 0.1) is 6.92 Å². The van der Waals surface area contributed by atoms with Crippen LogP contribution in [0.5, 0.6) is 11.8 Å². The van der Waals surface area contributed by atoms with E-state index in [0.717, 1.165) is 40.8 Å². The summed E-state index contributed by atoms with van der Waals surface area (Å²) in [5, 5.41) is 13.3. The van der Waals surface area contributed by atoms with Gasteiger partial charge >= 0.3 is 5.97 Å². The molecule has 8 nitrogen and oxygen atoms in total. The molecule has 2 fully saturated rings. The second kappa shape index (κ2) is 10.6. The molecule has 0 atom stereocenters. The highest BCUT2D eigenvalue weighted by atomic mass is 16.5. The van der Waals surface area contributed by atoms with E-state index < -0.39 is 11.5 Å². The first-order chi connectivity index (χ1) is 16.5. The summed E-state index contributed by atoms with van der Waals surface area (Å²) in [5.41, 5.74) is 3.52. The number of hydrogen-bond donors (Lipinski definition) is 2. The largest absolute Gasteiger partial charge is 0.481 e. The summed E-state index contributed by atoms with van der Waals surface area (Å²) in [6.07, 6.45) is 5.62. The van der Waals surface area contributed by atoms with Crippen molar-refractivity contribution in [2.24, 2.45) is 0 Å². The fourth-order valence-corrected chi connectivity index (χ4v) is 4.85. The minimum atomic E-state index is -1.04. The van der Waals surface area contributed by atoms with E-state index in [1.54, 1.807) is 14.2 Å². The molecule has 1 aliphatic heterocycles. The van der Waals surface area contributed by atoms with E-state index in [2.05, 4.69) is 10.3 Å². The Bertz CT molecular complexity index is 1010. The van der Waals surface area contributed by atoms with Gasteiger partial charge in [-0.1, -0.05) is 18.9 Å². The number of carboxylic acids is 1. The summed E-state index contributed by atoms with van der Waals surface area (Å²) in [6.45, 7) is 3.25. The van der Waals surface area contributed by atoms with E-state index in [0.29, 0.717) is 44.4 Å². The van der Waals surface area contributed by atoms with Crippen molar-refractivity contribution in [2.75, 3.05) is 32.8 Å². The van der Waals surface area contributed by atoms with Crippen molar-refractivity contribution in [3.05, 3.63) is 35.4 Å². The first-order valence-corrected chi connectivity index (χ1v) is 11.9. The SMILES string of the molecule is COc1cc(-c2ccc(NC3(C(=O)O)CCOCC3)cc2COC2CCCC2)c(C)c(OC)n1. The fourth-order valence-electron chi connectivity index (χ4n) is 4.85. The van der Waals surface area contributed by atoms with Gasteiger partial charge in [0.1, 0.15) is 5.54 Å². The topological polar surface area (TPSA) is 99.1 Å². The first kappa shape index (κ1) is 24.3. The summed E-state index contributed by atoms with van der Waals surface area (Å²) in [6, 6.07) is 7.83. The van der Waals surface area contributed by atoms with Crippen LogP contribution in [0.3, 0.4) is 0 Å². The van der Waals surface area contributed by atoms with Gasteiger partial charge in [0.2, 0.25) is 11.8 Å². The lowest BCUT2D eigenvalue weighted by atomic mass is 9.89. The van der Waals surface area contributed by atoms with Gasteiger partial charge in [0, 0.05) is 43.4 Å². The standard InChI is InChI=1S/C26H34N2O6/c1-17-22(15-23(31-2)27-24(17)32-3)21-9-8-19(14-18(21)16-34-20-6-4-5-7-20)28-26(25(29)30)10-12-33-13-11-26/h8-9,14-15,20,28H,4-7,10-13,16H2,1-3H3,(H,29,30). The maximum Gasteiger partial charge on any atom is 0.329 e. The number of nitrogens with zero attached hydrogens (tertiary/aromatic N) is 1. The molecule has 1 aromatic heterocycles. The smallest absolute Gasteiger partial charge is 0.329 e. The van der Waals surface area contributed by atoms with Crippen molar-refractivity contribution in [2.45, 2.75) is 63.7 Å². The van der Waals surface area contributed by atoms with Crippen LogP contribution >= 0.6 is 0 Å².